The number of carboxylic acid groups (broad SMARTS) is 1. The van der Waals surface area contributed by atoms with Gasteiger partial charge in [-0.1, -0.05) is 35.9 Å². The van der Waals surface area contributed by atoms with Gasteiger partial charge in [0.25, 0.3) is 0 Å². The minimum atomic E-state index is -2.39. The molecule has 0 unspecified atom stereocenters. The van der Waals surface area contributed by atoms with Gasteiger partial charge < -0.3 is 24.7 Å². The second kappa shape index (κ2) is 10.9. The number of benzene rings is 2. The Bertz CT molecular complexity index is 1300. The Morgan fingerprint density at radius 1 is 1.13 bits per heavy atom. The minimum absolute atomic E-state index is 0.175. The van der Waals surface area contributed by atoms with E-state index in [2.05, 4.69) is 23.1 Å². The molecule has 3 atom stereocenters. The van der Waals surface area contributed by atoms with Crippen molar-refractivity contribution in [2.75, 3.05) is 38.2 Å². The van der Waals surface area contributed by atoms with E-state index in [1.165, 1.54) is 23.0 Å². The van der Waals surface area contributed by atoms with E-state index in [1.54, 1.807) is 25.2 Å². The van der Waals surface area contributed by atoms with E-state index in [-0.39, 0.29) is 11.0 Å². The van der Waals surface area contributed by atoms with Crippen LogP contribution in [0.1, 0.15) is 55.7 Å². The van der Waals surface area contributed by atoms with Crippen molar-refractivity contribution >= 4 is 29.2 Å². The van der Waals surface area contributed by atoms with Crippen LogP contribution >= 0.6 is 11.6 Å². The van der Waals surface area contributed by atoms with Crippen LogP contribution in [0.3, 0.4) is 0 Å². The summed E-state index contributed by atoms with van der Waals surface area (Å²) in [4.78, 5) is 29.5. The maximum absolute atomic E-state index is 13.2. The highest BCUT2D eigenvalue weighted by Gasteiger charge is 2.49. The molecule has 0 saturated heterocycles. The number of allylic oxidation sites excluding steroid dienone is 1. The molecule has 2 N–H and O–H groups in total. The molecule has 0 radical (unpaired) electrons. The molecule has 0 fully saturated rings. The smallest absolute Gasteiger partial charge is 0.341 e. The molecule has 5 rings (SSSR count). The number of anilines is 1. The van der Waals surface area contributed by atoms with Crippen LogP contribution in [0.5, 0.6) is 5.75 Å². The Morgan fingerprint density at radius 2 is 1.95 bits per heavy atom. The van der Waals surface area contributed by atoms with E-state index in [9.17, 15) is 19.8 Å². The van der Waals surface area contributed by atoms with Crippen molar-refractivity contribution in [3.63, 3.8) is 0 Å². The monoisotopic (exact) mass is 552 g/mol. The fraction of sp³-hybridized carbons (Fsp3) is 0.484. The van der Waals surface area contributed by atoms with Gasteiger partial charge in [0.1, 0.15) is 5.75 Å². The summed E-state index contributed by atoms with van der Waals surface area (Å²) in [5.74, 6) is -2.42. The van der Waals surface area contributed by atoms with Crippen LogP contribution in [0, 0.1) is 5.92 Å². The molecule has 1 spiro atoms. The predicted molar refractivity (Wildman–Crippen MR) is 152 cm³/mol. The quantitative estimate of drug-likeness (QED) is 0.488. The number of carbonyl (C=O) groups excluding carboxylic acids is 1. The molecule has 2 heterocycles. The number of fused-ring (bicyclic) bond motifs is 3. The summed E-state index contributed by atoms with van der Waals surface area (Å²) in [7, 11) is 1.63. The van der Waals surface area contributed by atoms with Gasteiger partial charge in [0, 0.05) is 37.1 Å². The zero-order valence-electron chi connectivity index (χ0n) is 22.7. The molecule has 0 aromatic heterocycles. The van der Waals surface area contributed by atoms with E-state index in [0.29, 0.717) is 25.4 Å². The van der Waals surface area contributed by atoms with Gasteiger partial charge in [0.2, 0.25) is 5.91 Å². The largest absolute Gasteiger partial charge is 0.490 e. The Balaban J connectivity index is 1.61. The van der Waals surface area contributed by atoms with Crippen LogP contribution in [0.4, 0.5) is 5.69 Å². The maximum Gasteiger partial charge on any atom is 0.341 e. The van der Waals surface area contributed by atoms with E-state index >= 15 is 0 Å². The first kappa shape index (κ1) is 27.5. The number of nitrogens with zero attached hydrogens (tertiary/aromatic N) is 2. The van der Waals surface area contributed by atoms with Gasteiger partial charge in [0.15, 0.2) is 5.60 Å². The first-order chi connectivity index (χ1) is 18.7. The maximum atomic E-state index is 13.2. The topological polar surface area (TPSA) is 90.3 Å². The second-order valence-electron chi connectivity index (χ2n) is 11.3. The molecule has 0 saturated carbocycles. The van der Waals surface area contributed by atoms with Crippen LogP contribution in [-0.4, -0.2) is 60.3 Å². The number of hydrogen-bond acceptors (Lipinski definition) is 5. The third-order valence-electron chi connectivity index (χ3n) is 8.77. The average molecular weight is 553 g/mol. The summed E-state index contributed by atoms with van der Waals surface area (Å²) in [5.41, 5.74) is 0.805. The fourth-order valence-corrected chi connectivity index (χ4v) is 6.66. The molecule has 8 heteroatoms. The van der Waals surface area contributed by atoms with Crippen LogP contribution < -0.4 is 9.64 Å². The van der Waals surface area contributed by atoms with Crippen molar-refractivity contribution in [1.29, 1.82) is 0 Å². The molecule has 2 aromatic rings. The Hall–Kier alpha value is -3.03. The minimum Gasteiger partial charge on any atom is -0.490 e. The van der Waals surface area contributed by atoms with Crippen molar-refractivity contribution in [2.24, 2.45) is 5.92 Å². The molecule has 3 aliphatic rings. The third kappa shape index (κ3) is 5.03. The number of ether oxygens (including phenoxy) is 1. The molecule has 39 heavy (non-hydrogen) atoms. The SMILES string of the molecule is C[C@H]1C(=O)N(C)C/C=C\CCCCN2C[C@@]3(CCCc4cc(Cl)ccc43)COc3ccc(cc32)[C@@]1(O)C(=O)O. The van der Waals surface area contributed by atoms with Gasteiger partial charge in [-0.2, -0.15) is 0 Å². The highest BCUT2D eigenvalue weighted by molar-refractivity contribution is 6.30. The van der Waals surface area contributed by atoms with Gasteiger partial charge >= 0.3 is 5.97 Å². The number of aliphatic carboxylic acids is 1. The lowest BCUT2D eigenvalue weighted by molar-refractivity contribution is -0.172. The predicted octanol–water partition coefficient (Wildman–Crippen LogP) is 4.92. The molecule has 208 valence electrons. The molecule has 1 amide bonds. The fourth-order valence-electron chi connectivity index (χ4n) is 6.46. The molecule has 2 aliphatic heterocycles. The number of amides is 1. The first-order valence-electron chi connectivity index (χ1n) is 13.8. The number of hydrogen-bond donors (Lipinski definition) is 2. The molecule has 7 nitrogen and oxygen atoms in total. The van der Waals surface area contributed by atoms with Crippen molar-refractivity contribution in [2.45, 2.75) is 56.5 Å². The van der Waals surface area contributed by atoms with E-state index in [1.807, 2.05) is 12.1 Å². The molecule has 2 aromatic carbocycles. The number of carbonyl (C=O) groups is 2. The molecule has 1 aliphatic carbocycles. The van der Waals surface area contributed by atoms with Crippen molar-refractivity contribution in [1.82, 2.24) is 4.90 Å². The number of halogens is 1. The summed E-state index contributed by atoms with van der Waals surface area (Å²) in [6, 6.07) is 11.2. The Labute approximate surface area is 235 Å². The zero-order chi connectivity index (χ0) is 27.8. The lowest BCUT2D eigenvalue weighted by atomic mass is 9.70. The van der Waals surface area contributed by atoms with Crippen molar-refractivity contribution in [3.05, 3.63) is 70.3 Å². The second-order valence-corrected chi connectivity index (χ2v) is 11.7. The summed E-state index contributed by atoms with van der Waals surface area (Å²) in [6.07, 6.45) is 9.79. The number of rotatable bonds is 1. The van der Waals surface area contributed by atoms with E-state index in [4.69, 9.17) is 16.3 Å². The number of aryl methyl sites for hydroxylation is 1. The number of likely N-dealkylation sites (N-methyl/N-ethyl adjacent to an activating group) is 1. The Morgan fingerprint density at radius 3 is 2.74 bits per heavy atom. The van der Waals surface area contributed by atoms with E-state index < -0.39 is 23.4 Å². The Kier molecular flexibility index (Phi) is 7.66. The van der Waals surface area contributed by atoms with Gasteiger partial charge in [-0.25, -0.2) is 4.79 Å². The molecular weight excluding hydrogens is 516 g/mol. The summed E-state index contributed by atoms with van der Waals surface area (Å²) in [6.45, 7) is 3.80. The van der Waals surface area contributed by atoms with Crippen LogP contribution in [0.2, 0.25) is 5.02 Å². The lowest BCUT2D eigenvalue weighted by Crippen LogP contribution is -2.49. The van der Waals surface area contributed by atoms with Gasteiger partial charge in [-0.15, -0.1) is 0 Å². The highest BCUT2D eigenvalue weighted by Crippen LogP contribution is 2.46. The van der Waals surface area contributed by atoms with Crippen LogP contribution in [0.15, 0.2) is 48.6 Å². The average Bonchev–Trinajstić information content (AvgIpc) is 3.07. The number of aliphatic hydroxyl groups is 1. The normalized spacial score (nSPS) is 28.5. The standard InChI is InChI=1S/C31H37ClN2O5/c1-21-28(35)33(2)15-6-4-3-5-7-16-34-19-30(14-8-9-22-17-24(32)11-12-25(22)30)20-39-27-13-10-23(18-26(27)34)31(21,38)29(36)37/h4,6,10-13,17-18,21,38H,3,5,7-9,14-16,19-20H2,1-2H3,(H,36,37)/b6-4-/t21-,30-,31+/m0/s1. The third-order valence-corrected chi connectivity index (χ3v) is 9.01. The van der Waals surface area contributed by atoms with Crippen molar-refractivity contribution < 1.29 is 24.5 Å². The van der Waals surface area contributed by atoms with Gasteiger partial charge in [0.05, 0.1) is 18.2 Å². The van der Waals surface area contributed by atoms with E-state index in [0.717, 1.165) is 55.8 Å². The lowest BCUT2D eigenvalue weighted by Gasteiger charge is -2.41. The summed E-state index contributed by atoms with van der Waals surface area (Å²) >= 11 is 6.35. The number of carboxylic acids is 1. The van der Waals surface area contributed by atoms with Gasteiger partial charge in [-0.3, -0.25) is 4.79 Å². The molecular formula is C31H37ClN2O5. The summed E-state index contributed by atoms with van der Waals surface area (Å²) in [5, 5.41) is 22.6. The van der Waals surface area contributed by atoms with Crippen LogP contribution in [-0.2, 0) is 27.0 Å². The first-order valence-corrected chi connectivity index (χ1v) is 14.2. The highest BCUT2D eigenvalue weighted by atomic mass is 35.5. The van der Waals surface area contributed by atoms with Crippen molar-refractivity contribution in [3.8, 4) is 5.75 Å². The molecule has 2 bridgehead atoms. The van der Waals surface area contributed by atoms with Crippen LogP contribution in [0.25, 0.3) is 0 Å². The summed E-state index contributed by atoms with van der Waals surface area (Å²) < 4.78 is 6.48. The zero-order valence-corrected chi connectivity index (χ0v) is 23.4. The van der Waals surface area contributed by atoms with Gasteiger partial charge in [-0.05, 0) is 86.4 Å².